The molecule has 0 N–H and O–H groups in total. The van der Waals surface area contributed by atoms with Crippen molar-refractivity contribution in [1.29, 1.82) is 0 Å². The molecule has 0 aliphatic heterocycles. The fourth-order valence-electron chi connectivity index (χ4n) is 3.43. The molecule has 0 saturated carbocycles. The molecule has 0 aliphatic rings. The Morgan fingerprint density at radius 1 is 1.06 bits per heavy atom. The van der Waals surface area contributed by atoms with Gasteiger partial charge in [-0.1, -0.05) is 52.7 Å². The van der Waals surface area contributed by atoms with Gasteiger partial charge in [0.15, 0.2) is 11.5 Å². The SMILES string of the molecule is CCOc1cc(C=Nn2c(CC)nc3ccc(Br)cc3c2=O)ccc1OCc1ccccc1Cl. The summed E-state index contributed by atoms with van der Waals surface area (Å²) in [5, 5.41) is 5.60. The van der Waals surface area contributed by atoms with Gasteiger partial charge in [-0.15, -0.1) is 0 Å². The Hall–Kier alpha value is -3.16. The highest BCUT2D eigenvalue weighted by atomic mass is 79.9. The van der Waals surface area contributed by atoms with E-state index in [1.54, 1.807) is 12.3 Å². The molecular weight excluding hydrogens is 518 g/mol. The molecule has 0 amide bonds. The number of fused-ring (bicyclic) bond motifs is 1. The number of ether oxygens (including phenoxy) is 2. The van der Waals surface area contributed by atoms with Crippen LogP contribution in [0.15, 0.2) is 75.0 Å². The largest absolute Gasteiger partial charge is 0.490 e. The standard InChI is InChI=1S/C26H23BrClN3O3/c1-3-25-30-22-11-10-19(27)14-20(22)26(32)31(25)29-15-17-9-12-23(24(13-17)33-4-2)34-16-18-7-5-6-8-21(18)28/h5-15H,3-4,16H2,1-2H3. The van der Waals surface area contributed by atoms with E-state index < -0.39 is 0 Å². The first kappa shape index (κ1) is 24.0. The van der Waals surface area contributed by atoms with E-state index >= 15 is 0 Å². The van der Waals surface area contributed by atoms with Crippen LogP contribution in [0.3, 0.4) is 0 Å². The smallest absolute Gasteiger partial charge is 0.282 e. The normalized spacial score (nSPS) is 11.3. The van der Waals surface area contributed by atoms with E-state index in [2.05, 4.69) is 26.0 Å². The van der Waals surface area contributed by atoms with E-state index in [0.29, 0.717) is 52.9 Å². The molecule has 0 bridgehead atoms. The van der Waals surface area contributed by atoms with Gasteiger partial charge in [0.05, 0.1) is 23.7 Å². The van der Waals surface area contributed by atoms with Crippen LogP contribution in [0, 0.1) is 0 Å². The predicted octanol–water partition coefficient (Wildman–Crippen LogP) is 6.23. The minimum atomic E-state index is -0.218. The lowest BCUT2D eigenvalue weighted by atomic mass is 10.2. The first-order valence-electron chi connectivity index (χ1n) is 10.9. The second-order valence-electron chi connectivity index (χ2n) is 7.42. The fourth-order valence-corrected chi connectivity index (χ4v) is 3.98. The lowest BCUT2D eigenvalue weighted by Gasteiger charge is -2.13. The number of hydrogen-bond acceptors (Lipinski definition) is 5. The highest BCUT2D eigenvalue weighted by Crippen LogP contribution is 2.29. The summed E-state index contributed by atoms with van der Waals surface area (Å²) in [4.78, 5) is 17.7. The van der Waals surface area contributed by atoms with E-state index in [1.807, 2.05) is 68.4 Å². The van der Waals surface area contributed by atoms with Crippen LogP contribution in [-0.4, -0.2) is 22.5 Å². The number of hydrogen-bond donors (Lipinski definition) is 0. The van der Waals surface area contributed by atoms with Crippen molar-refractivity contribution in [3.63, 3.8) is 0 Å². The summed E-state index contributed by atoms with van der Waals surface area (Å²) in [6.45, 7) is 4.65. The number of benzene rings is 3. The number of nitrogens with zero attached hydrogens (tertiary/aromatic N) is 3. The molecule has 34 heavy (non-hydrogen) atoms. The molecule has 1 heterocycles. The van der Waals surface area contributed by atoms with Crippen LogP contribution in [0.4, 0.5) is 0 Å². The van der Waals surface area contributed by atoms with E-state index in [1.165, 1.54) is 4.68 Å². The summed E-state index contributed by atoms with van der Waals surface area (Å²) in [5.41, 5.74) is 2.08. The van der Waals surface area contributed by atoms with Crippen LogP contribution in [-0.2, 0) is 13.0 Å². The quantitative estimate of drug-likeness (QED) is 0.248. The molecule has 3 aromatic carbocycles. The Labute approximate surface area is 210 Å². The zero-order valence-electron chi connectivity index (χ0n) is 18.8. The Morgan fingerprint density at radius 2 is 1.88 bits per heavy atom. The van der Waals surface area contributed by atoms with Crippen molar-refractivity contribution < 1.29 is 9.47 Å². The van der Waals surface area contributed by atoms with Crippen LogP contribution < -0.4 is 15.0 Å². The second kappa shape index (κ2) is 10.8. The highest BCUT2D eigenvalue weighted by Gasteiger charge is 2.11. The lowest BCUT2D eigenvalue weighted by Crippen LogP contribution is -2.22. The number of aromatic nitrogens is 2. The topological polar surface area (TPSA) is 65.7 Å². The molecule has 0 fully saturated rings. The van der Waals surface area contributed by atoms with Crippen molar-refractivity contribution in [3.8, 4) is 11.5 Å². The molecule has 0 atom stereocenters. The maximum Gasteiger partial charge on any atom is 0.282 e. The van der Waals surface area contributed by atoms with E-state index in [0.717, 1.165) is 15.6 Å². The molecule has 0 spiro atoms. The number of rotatable bonds is 8. The van der Waals surface area contributed by atoms with E-state index in [4.69, 9.17) is 21.1 Å². The molecule has 1 aromatic heterocycles. The summed E-state index contributed by atoms with van der Waals surface area (Å²) >= 11 is 9.65. The molecule has 4 aromatic rings. The minimum Gasteiger partial charge on any atom is -0.490 e. The minimum absolute atomic E-state index is 0.218. The molecule has 0 saturated heterocycles. The van der Waals surface area contributed by atoms with Crippen molar-refractivity contribution in [3.05, 3.63) is 97.5 Å². The summed E-state index contributed by atoms with van der Waals surface area (Å²) in [5.74, 6) is 1.77. The molecular formula is C26H23BrClN3O3. The van der Waals surface area contributed by atoms with Crippen LogP contribution in [0.25, 0.3) is 10.9 Å². The van der Waals surface area contributed by atoms with Gasteiger partial charge in [-0.05, 0) is 55.0 Å². The van der Waals surface area contributed by atoms with Crippen molar-refractivity contribution in [2.24, 2.45) is 5.10 Å². The zero-order chi connectivity index (χ0) is 24.1. The number of halogens is 2. The summed E-state index contributed by atoms with van der Waals surface area (Å²) in [7, 11) is 0. The predicted molar refractivity (Wildman–Crippen MR) is 139 cm³/mol. The van der Waals surface area contributed by atoms with Gasteiger partial charge in [0, 0.05) is 21.5 Å². The summed E-state index contributed by atoms with van der Waals surface area (Å²) in [6, 6.07) is 18.5. The number of aryl methyl sites for hydroxylation is 1. The average Bonchev–Trinajstić information content (AvgIpc) is 2.84. The van der Waals surface area contributed by atoms with Gasteiger partial charge in [0.1, 0.15) is 12.4 Å². The summed E-state index contributed by atoms with van der Waals surface area (Å²) < 4.78 is 13.9. The summed E-state index contributed by atoms with van der Waals surface area (Å²) in [6.07, 6.45) is 2.18. The Kier molecular flexibility index (Phi) is 7.65. The van der Waals surface area contributed by atoms with Crippen LogP contribution >= 0.6 is 27.5 Å². The first-order valence-corrected chi connectivity index (χ1v) is 12.1. The average molecular weight is 541 g/mol. The van der Waals surface area contributed by atoms with Crippen LogP contribution in [0.1, 0.15) is 30.8 Å². The van der Waals surface area contributed by atoms with Crippen molar-refractivity contribution in [2.45, 2.75) is 26.9 Å². The zero-order valence-corrected chi connectivity index (χ0v) is 21.1. The molecule has 0 unspecified atom stereocenters. The first-order chi connectivity index (χ1) is 16.5. The van der Waals surface area contributed by atoms with Gasteiger partial charge in [-0.25, -0.2) is 4.98 Å². The maximum absolute atomic E-state index is 13.1. The van der Waals surface area contributed by atoms with Gasteiger partial charge in [0.25, 0.3) is 5.56 Å². The monoisotopic (exact) mass is 539 g/mol. The van der Waals surface area contributed by atoms with Crippen molar-refractivity contribution in [2.75, 3.05) is 6.61 Å². The van der Waals surface area contributed by atoms with Gasteiger partial charge < -0.3 is 9.47 Å². The molecule has 8 heteroatoms. The maximum atomic E-state index is 13.1. The van der Waals surface area contributed by atoms with Gasteiger partial charge >= 0.3 is 0 Å². The Morgan fingerprint density at radius 3 is 2.65 bits per heavy atom. The van der Waals surface area contributed by atoms with Gasteiger partial charge in [0.2, 0.25) is 0 Å². The molecule has 174 valence electrons. The van der Waals surface area contributed by atoms with Crippen LogP contribution in [0.2, 0.25) is 5.02 Å². The third-order valence-corrected chi connectivity index (χ3v) is 5.98. The van der Waals surface area contributed by atoms with Gasteiger partial charge in [-0.3, -0.25) is 4.79 Å². The molecule has 4 rings (SSSR count). The van der Waals surface area contributed by atoms with E-state index in [9.17, 15) is 4.79 Å². The third-order valence-electron chi connectivity index (χ3n) is 5.12. The second-order valence-corrected chi connectivity index (χ2v) is 8.75. The lowest BCUT2D eigenvalue weighted by molar-refractivity contribution is 0.269. The van der Waals surface area contributed by atoms with Crippen molar-refractivity contribution in [1.82, 2.24) is 9.66 Å². The molecule has 0 radical (unpaired) electrons. The third kappa shape index (κ3) is 5.32. The Balaban J connectivity index is 1.64. The fraction of sp³-hybridized carbons (Fsp3) is 0.192. The van der Waals surface area contributed by atoms with Gasteiger partial charge in [-0.2, -0.15) is 9.78 Å². The molecule has 6 nitrogen and oxygen atoms in total. The van der Waals surface area contributed by atoms with E-state index in [-0.39, 0.29) is 5.56 Å². The molecule has 0 aliphatic carbocycles. The van der Waals surface area contributed by atoms with Crippen LogP contribution in [0.5, 0.6) is 11.5 Å². The van der Waals surface area contributed by atoms with Crippen molar-refractivity contribution >= 4 is 44.6 Å². The Bertz CT molecular complexity index is 1420. The highest BCUT2D eigenvalue weighted by molar-refractivity contribution is 9.10.